The number of ether oxygens (including phenoxy) is 1. The van der Waals surface area contributed by atoms with Gasteiger partial charge in [0.25, 0.3) is 5.91 Å². The number of carbonyl (C=O) groups excluding carboxylic acids is 1. The van der Waals surface area contributed by atoms with Crippen molar-refractivity contribution in [1.82, 2.24) is 9.21 Å². The Morgan fingerprint density at radius 2 is 1.70 bits per heavy atom. The molecule has 0 aromatic heterocycles. The number of fused-ring (bicyclic) bond motifs is 1. The van der Waals surface area contributed by atoms with Gasteiger partial charge in [-0.2, -0.15) is 4.31 Å². The number of hydrogen-bond donors (Lipinski definition) is 0. The lowest BCUT2D eigenvalue weighted by Gasteiger charge is -2.34. The third-order valence-corrected chi connectivity index (χ3v) is 6.81. The van der Waals surface area contributed by atoms with E-state index in [2.05, 4.69) is 0 Å². The van der Waals surface area contributed by atoms with Gasteiger partial charge in [-0.05, 0) is 48.0 Å². The zero-order valence-electron chi connectivity index (χ0n) is 14.6. The second-order valence-electron chi connectivity index (χ2n) is 6.57. The summed E-state index contributed by atoms with van der Waals surface area (Å²) in [5, 5.41) is 0. The summed E-state index contributed by atoms with van der Waals surface area (Å²) in [7, 11) is -3.61. The number of nitrogens with zero attached hydrogens (tertiary/aromatic N) is 2. The van der Waals surface area contributed by atoms with Crippen molar-refractivity contribution >= 4 is 15.9 Å². The predicted octanol–water partition coefficient (Wildman–Crippen LogP) is 1.91. The van der Waals surface area contributed by atoms with E-state index in [4.69, 9.17) is 4.74 Å². The van der Waals surface area contributed by atoms with Crippen LogP contribution in [0.2, 0.25) is 0 Å². The summed E-state index contributed by atoms with van der Waals surface area (Å²) in [4.78, 5) is 14.3. The minimum Gasteiger partial charge on any atom is -0.493 e. The maximum absolute atomic E-state index is 13.0. The van der Waals surface area contributed by atoms with E-state index in [-0.39, 0.29) is 23.9 Å². The molecule has 1 amide bonds. The lowest BCUT2D eigenvalue weighted by Crippen LogP contribution is -2.50. The monoisotopic (exact) mass is 390 g/mol. The molecular formula is C19H19FN2O4S. The first-order chi connectivity index (χ1) is 12.9. The summed E-state index contributed by atoms with van der Waals surface area (Å²) >= 11 is 0. The molecule has 0 saturated carbocycles. The zero-order valence-corrected chi connectivity index (χ0v) is 15.4. The molecule has 0 N–H and O–H groups in total. The lowest BCUT2D eigenvalue weighted by atomic mass is 10.2. The van der Waals surface area contributed by atoms with Gasteiger partial charge in [0.05, 0.1) is 11.5 Å². The summed E-state index contributed by atoms with van der Waals surface area (Å²) in [6.07, 6.45) is 0.707. The number of rotatable bonds is 3. The molecule has 8 heteroatoms. The molecule has 2 aromatic carbocycles. The number of piperazine rings is 1. The van der Waals surface area contributed by atoms with Crippen molar-refractivity contribution in [3.05, 3.63) is 59.4 Å². The van der Waals surface area contributed by atoms with E-state index in [1.54, 1.807) is 23.1 Å². The van der Waals surface area contributed by atoms with Crippen molar-refractivity contribution in [2.45, 2.75) is 11.3 Å². The highest BCUT2D eigenvalue weighted by molar-refractivity contribution is 7.89. The maximum atomic E-state index is 13.0. The molecule has 2 aromatic rings. The number of halogens is 1. The summed E-state index contributed by atoms with van der Waals surface area (Å²) in [5.41, 5.74) is 1.30. The predicted molar refractivity (Wildman–Crippen MR) is 96.7 cm³/mol. The average molecular weight is 390 g/mol. The Bertz CT molecular complexity index is 968. The van der Waals surface area contributed by atoms with Crippen LogP contribution in [0.25, 0.3) is 0 Å². The number of carbonyl (C=O) groups is 1. The SMILES string of the molecule is O=C(c1ccc(F)cc1)N1CCN(S(=O)(=O)c2ccc3c(c2)CCO3)CC1. The van der Waals surface area contributed by atoms with Crippen LogP contribution in [0.1, 0.15) is 15.9 Å². The van der Waals surface area contributed by atoms with Crippen LogP contribution in [0.5, 0.6) is 5.75 Å². The molecular weight excluding hydrogens is 371 g/mol. The Labute approximate surface area is 157 Å². The molecule has 2 aliphatic heterocycles. The van der Waals surface area contributed by atoms with Crippen molar-refractivity contribution in [2.75, 3.05) is 32.8 Å². The van der Waals surface area contributed by atoms with E-state index in [0.717, 1.165) is 11.3 Å². The van der Waals surface area contributed by atoms with Gasteiger partial charge in [-0.1, -0.05) is 0 Å². The number of sulfonamides is 1. The third kappa shape index (κ3) is 3.42. The van der Waals surface area contributed by atoms with E-state index in [9.17, 15) is 17.6 Å². The third-order valence-electron chi connectivity index (χ3n) is 4.92. The van der Waals surface area contributed by atoms with Gasteiger partial charge in [0.1, 0.15) is 11.6 Å². The number of amides is 1. The first-order valence-electron chi connectivity index (χ1n) is 8.76. The molecule has 2 aliphatic rings. The average Bonchev–Trinajstić information content (AvgIpc) is 3.16. The number of hydrogen-bond acceptors (Lipinski definition) is 4. The van der Waals surface area contributed by atoms with E-state index in [1.165, 1.54) is 28.6 Å². The van der Waals surface area contributed by atoms with Crippen LogP contribution in [-0.2, 0) is 16.4 Å². The fraction of sp³-hybridized carbons (Fsp3) is 0.316. The Morgan fingerprint density at radius 3 is 2.41 bits per heavy atom. The highest BCUT2D eigenvalue weighted by atomic mass is 32.2. The van der Waals surface area contributed by atoms with E-state index in [0.29, 0.717) is 31.7 Å². The Balaban J connectivity index is 1.45. The first kappa shape index (κ1) is 17.9. The van der Waals surface area contributed by atoms with Crippen molar-refractivity contribution in [3.8, 4) is 5.75 Å². The lowest BCUT2D eigenvalue weighted by molar-refractivity contribution is 0.0698. The van der Waals surface area contributed by atoms with Gasteiger partial charge in [0.2, 0.25) is 10.0 Å². The second-order valence-corrected chi connectivity index (χ2v) is 8.51. The van der Waals surface area contributed by atoms with Gasteiger partial charge in [-0.25, -0.2) is 12.8 Å². The van der Waals surface area contributed by atoms with Gasteiger partial charge in [0.15, 0.2) is 0 Å². The van der Waals surface area contributed by atoms with Gasteiger partial charge >= 0.3 is 0 Å². The first-order valence-corrected chi connectivity index (χ1v) is 10.2. The largest absolute Gasteiger partial charge is 0.493 e. The molecule has 1 fully saturated rings. The van der Waals surface area contributed by atoms with Crippen molar-refractivity contribution < 1.29 is 22.3 Å². The molecule has 0 spiro atoms. The smallest absolute Gasteiger partial charge is 0.253 e. The van der Waals surface area contributed by atoms with Crippen LogP contribution in [0, 0.1) is 5.82 Å². The quantitative estimate of drug-likeness (QED) is 0.803. The van der Waals surface area contributed by atoms with Gasteiger partial charge in [-0.3, -0.25) is 4.79 Å². The molecule has 4 rings (SSSR count). The van der Waals surface area contributed by atoms with Crippen LogP contribution in [0.3, 0.4) is 0 Å². The standard InChI is InChI=1S/C19H19FN2O4S/c20-16-3-1-14(2-4-16)19(23)21-8-10-22(11-9-21)27(24,25)17-5-6-18-15(13-17)7-12-26-18/h1-6,13H,7-12H2. The molecule has 27 heavy (non-hydrogen) atoms. The Kier molecular flexibility index (Phi) is 4.61. The summed E-state index contributed by atoms with van der Waals surface area (Å²) in [6.45, 7) is 1.61. The number of benzene rings is 2. The highest BCUT2D eigenvalue weighted by Crippen LogP contribution is 2.29. The van der Waals surface area contributed by atoms with Crippen LogP contribution in [0.4, 0.5) is 4.39 Å². The molecule has 0 aliphatic carbocycles. The second kappa shape index (κ2) is 6.94. The normalized spacial score (nSPS) is 17.4. The molecule has 0 radical (unpaired) electrons. The molecule has 0 bridgehead atoms. The molecule has 2 heterocycles. The molecule has 142 valence electrons. The molecule has 0 unspecified atom stereocenters. The Morgan fingerprint density at radius 1 is 1.00 bits per heavy atom. The minimum atomic E-state index is -3.61. The van der Waals surface area contributed by atoms with E-state index >= 15 is 0 Å². The summed E-state index contributed by atoms with van der Waals surface area (Å²) in [6, 6.07) is 10.3. The molecule has 1 saturated heterocycles. The van der Waals surface area contributed by atoms with Crippen molar-refractivity contribution in [2.24, 2.45) is 0 Å². The van der Waals surface area contributed by atoms with Crippen molar-refractivity contribution in [3.63, 3.8) is 0 Å². The molecule has 6 nitrogen and oxygen atoms in total. The van der Waals surface area contributed by atoms with Crippen LogP contribution >= 0.6 is 0 Å². The molecule has 0 atom stereocenters. The van der Waals surface area contributed by atoms with Crippen molar-refractivity contribution in [1.29, 1.82) is 0 Å². The highest BCUT2D eigenvalue weighted by Gasteiger charge is 2.31. The van der Waals surface area contributed by atoms with Crippen LogP contribution in [0.15, 0.2) is 47.4 Å². The fourth-order valence-corrected chi connectivity index (χ4v) is 4.85. The van der Waals surface area contributed by atoms with Crippen LogP contribution < -0.4 is 4.74 Å². The fourth-order valence-electron chi connectivity index (χ4n) is 3.38. The topological polar surface area (TPSA) is 66.9 Å². The van der Waals surface area contributed by atoms with E-state index in [1.807, 2.05) is 0 Å². The summed E-state index contributed by atoms with van der Waals surface area (Å²) < 4.78 is 45.7. The van der Waals surface area contributed by atoms with Gasteiger partial charge in [-0.15, -0.1) is 0 Å². The van der Waals surface area contributed by atoms with E-state index < -0.39 is 15.8 Å². The summed E-state index contributed by atoms with van der Waals surface area (Å²) in [5.74, 6) is 0.118. The van der Waals surface area contributed by atoms with Crippen LogP contribution in [-0.4, -0.2) is 56.3 Å². The van der Waals surface area contributed by atoms with Gasteiger partial charge in [0, 0.05) is 38.2 Å². The minimum absolute atomic E-state index is 0.221. The zero-order chi connectivity index (χ0) is 19.0. The Hall–Kier alpha value is -2.45. The maximum Gasteiger partial charge on any atom is 0.253 e. The van der Waals surface area contributed by atoms with Gasteiger partial charge < -0.3 is 9.64 Å².